The summed E-state index contributed by atoms with van der Waals surface area (Å²) in [6, 6.07) is 4.45. The lowest BCUT2D eigenvalue weighted by molar-refractivity contribution is 0.0937. The summed E-state index contributed by atoms with van der Waals surface area (Å²) >= 11 is 0. The van der Waals surface area contributed by atoms with E-state index in [9.17, 15) is 22.8 Å². The van der Waals surface area contributed by atoms with E-state index in [0.717, 1.165) is 32.0 Å². The Labute approximate surface area is 202 Å². The van der Waals surface area contributed by atoms with Gasteiger partial charge in [-0.1, -0.05) is 18.2 Å². The van der Waals surface area contributed by atoms with Crippen molar-refractivity contribution in [1.82, 2.24) is 20.1 Å². The average molecular weight is 492 g/mol. The zero-order valence-electron chi connectivity index (χ0n) is 20.2. The summed E-state index contributed by atoms with van der Waals surface area (Å²) in [5.41, 5.74) is -0.722. The van der Waals surface area contributed by atoms with Crippen LogP contribution in [0.4, 0.5) is 18.9 Å². The summed E-state index contributed by atoms with van der Waals surface area (Å²) in [7, 11) is 2.05. The number of carbonyl (C=O) groups is 1. The standard InChI is InChI=1S/C25H32F3N5O2/c1-15(17-5-4-6-18(22(17)26)23(27)28)30-24(35)19-12-33(25(2)13-29-14-25)21(34)11-20(19)31-16-7-9-32(3)10-8-16/h4-6,11-12,15-16,23,29,31H,7-10,13-14H2,1-3H3,(H,30,35)/t15-/m1/s1. The second kappa shape index (κ2) is 10.0. The molecule has 1 atom stereocenters. The molecule has 2 fully saturated rings. The lowest BCUT2D eigenvalue weighted by Crippen LogP contribution is -2.61. The van der Waals surface area contributed by atoms with Crippen LogP contribution < -0.4 is 21.5 Å². The van der Waals surface area contributed by atoms with Crippen LogP contribution in [0.3, 0.4) is 0 Å². The van der Waals surface area contributed by atoms with E-state index >= 15 is 0 Å². The third-order valence-electron chi connectivity index (χ3n) is 7.08. The van der Waals surface area contributed by atoms with E-state index in [0.29, 0.717) is 18.8 Å². The average Bonchev–Trinajstić information content (AvgIpc) is 2.79. The number of pyridine rings is 1. The van der Waals surface area contributed by atoms with Gasteiger partial charge in [0.25, 0.3) is 17.9 Å². The minimum Gasteiger partial charge on any atom is -0.381 e. The predicted octanol–water partition coefficient (Wildman–Crippen LogP) is 3.24. The highest BCUT2D eigenvalue weighted by atomic mass is 19.3. The molecule has 2 saturated heterocycles. The molecule has 2 aliphatic heterocycles. The molecule has 3 heterocycles. The molecule has 0 radical (unpaired) electrons. The van der Waals surface area contributed by atoms with Gasteiger partial charge in [0.05, 0.1) is 28.4 Å². The van der Waals surface area contributed by atoms with Gasteiger partial charge in [-0.2, -0.15) is 0 Å². The number of alkyl halides is 2. The number of aromatic nitrogens is 1. The van der Waals surface area contributed by atoms with E-state index in [1.54, 1.807) is 17.7 Å². The van der Waals surface area contributed by atoms with Gasteiger partial charge in [0.2, 0.25) is 0 Å². The van der Waals surface area contributed by atoms with Crippen molar-refractivity contribution < 1.29 is 18.0 Å². The van der Waals surface area contributed by atoms with Crippen molar-refractivity contribution in [3.8, 4) is 0 Å². The molecule has 10 heteroatoms. The number of rotatable bonds is 7. The molecule has 190 valence electrons. The molecule has 1 aromatic heterocycles. The number of hydrogen-bond acceptors (Lipinski definition) is 5. The highest BCUT2D eigenvalue weighted by molar-refractivity contribution is 5.99. The second-order valence-electron chi connectivity index (χ2n) is 9.88. The summed E-state index contributed by atoms with van der Waals surface area (Å²) in [6.45, 7) is 6.47. The van der Waals surface area contributed by atoms with Crippen molar-refractivity contribution in [2.24, 2.45) is 0 Å². The van der Waals surface area contributed by atoms with Crippen molar-refractivity contribution in [3.63, 3.8) is 0 Å². The van der Waals surface area contributed by atoms with Crippen LogP contribution in [-0.2, 0) is 5.54 Å². The van der Waals surface area contributed by atoms with Crippen LogP contribution in [0.25, 0.3) is 0 Å². The van der Waals surface area contributed by atoms with Crippen LogP contribution in [-0.4, -0.2) is 54.6 Å². The molecule has 7 nitrogen and oxygen atoms in total. The Kier molecular flexibility index (Phi) is 7.23. The number of nitrogens with zero attached hydrogens (tertiary/aromatic N) is 2. The van der Waals surface area contributed by atoms with Gasteiger partial charge < -0.3 is 25.4 Å². The van der Waals surface area contributed by atoms with E-state index in [2.05, 4.69) is 20.9 Å². The van der Waals surface area contributed by atoms with Gasteiger partial charge in [0, 0.05) is 37.0 Å². The van der Waals surface area contributed by atoms with E-state index in [-0.39, 0.29) is 22.7 Å². The molecule has 2 aromatic rings. The highest BCUT2D eigenvalue weighted by Gasteiger charge is 2.35. The predicted molar refractivity (Wildman–Crippen MR) is 129 cm³/mol. The zero-order chi connectivity index (χ0) is 25.3. The quantitative estimate of drug-likeness (QED) is 0.554. The number of halogens is 3. The van der Waals surface area contributed by atoms with Gasteiger partial charge in [0.15, 0.2) is 0 Å². The fraction of sp³-hybridized carbons (Fsp3) is 0.520. The number of anilines is 1. The lowest BCUT2D eigenvalue weighted by Gasteiger charge is -2.41. The van der Waals surface area contributed by atoms with E-state index in [4.69, 9.17) is 0 Å². The molecule has 4 rings (SSSR count). The van der Waals surface area contributed by atoms with Gasteiger partial charge >= 0.3 is 0 Å². The molecule has 35 heavy (non-hydrogen) atoms. The van der Waals surface area contributed by atoms with Crippen LogP contribution in [0.15, 0.2) is 35.3 Å². The molecule has 2 aliphatic rings. The molecular formula is C25H32F3N5O2. The van der Waals surface area contributed by atoms with E-state index < -0.39 is 35.3 Å². The van der Waals surface area contributed by atoms with Gasteiger partial charge in [-0.25, -0.2) is 13.2 Å². The number of amides is 1. The van der Waals surface area contributed by atoms with Crippen molar-refractivity contribution in [2.45, 2.75) is 50.7 Å². The highest BCUT2D eigenvalue weighted by Crippen LogP contribution is 2.28. The summed E-state index contributed by atoms with van der Waals surface area (Å²) in [5.74, 6) is -1.54. The lowest BCUT2D eigenvalue weighted by atomic mass is 9.94. The zero-order valence-corrected chi connectivity index (χ0v) is 20.2. The minimum atomic E-state index is -2.96. The normalized spacial score (nSPS) is 19.3. The monoisotopic (exact) mass is 491 g/mol. The van der Waals surface area contributed by atoms with Gasteiger partial charge in [-0.05, 0) is 46.8 Å². The van der Waals surface area contributed by atoms with Gasteiger partial charge in [0.1, 0.15) is 5.82 Å². The molecule has 0 bridgehead atoms. The Morgan fingerprint density at radius 1 is 1.20 bits per heavy atom. The van der Waals surface area contributed by atoms with Crippen LogP contribution >= 0.6 is 0 Å². The maximum atomic E-state index is 14.7. The molecule has 0 unspecified atom stereocenters. The van der Waals surface area contributed by atoms with E-state index in [1.807, 2.05) is 14.0 Å². The van der Waals surface area contributed by atoms with Crippen molar-refractivity contribution in [2.75, 3.05) is 38.5 Å². The molecule has 0 aliphatic carbocycles. The van der Waals surface area contributed by atoms with Crippen LogP contribution in [0.2, 0.25) is 0 Å². The molecular weight excluding hydrogens is 459 g/mol. The third kappa shape index (κ3) is 5.23. The Hall–Kier alpha value is -2.85. The smallest absolute Gasteiger partial charge is 0.266 e. The van der Waals surface area contributed by atoms with Crippen LogP contribution in [0.5, 0.6) is 0 Å². The Morgan fingerprint density at radius 3 is 2.46 bits per heavy atom. The largest absolute Gasteiger partial charge is 0.381 e. The summed E-state index contributed by atoms with van der Waals surface area (Å²) in [5, 5.41) is 9.25. The van der Waals surface area contributed by atoms with Crippen molar-refractivity contribution >= 4 is 11.6 Å². The fourth-order valence-electron chi connectivity index (χ4n) is 4.71. The Morgan fingerprint density at radius 2 is 1.86 bits per heavy atom. The number of likely N-dealkylation sites (tertiary alicyclic amines) is 1. The SMILES string of the molecule is C[C@@H](NC(=O)c1cn(C2(C)CNC2)c(=O)cc1NC1CCN(C)CC1)c1cccc(C(F)F)c1F. The molecule has 0 spiro atoms. The number of hydrogen-bond donors (Lipinski definition) is 3. The fourth-order valence-corrected chi connectivity index (χ4v) is 4.71. The topological polar surface area (TPSA) is 78.4 Å². The number of nitrogens with one attached hydrogen (secondary N) is 3. The molecule has 1 aromatic carbocycles. The van der Waals surface area contributed by atoms with Crippen molar-refractivity contribution in [3.05, 3.63) is 63.3 Å². The third-order valence-corrected chi connectivity index (χ3v) is 7.08. The first-order valence-corrected chi connectivity index (χ1v) is 11.9. The minimum absolute atomic E-state index is 0.0237. The molecule has 0 saturated carbocycles. The summed E-state index contributed by atoms with van der Waals surface area (Å²) in [4.78, 5) is 28.6. The maximum absolute atomic E-state index is 14.7. The Balaban J connectivity index is 1.64. The van der Waals surface area contributed by atoms with Gasteiger partial charge in [-0.15, -0.1) is 0 Å². The van der Waals surface area contributed by atoms with Crippen LogP contribution in [0, 0.1) is 5.82 Å². The Bertz CT molecular complexity index is 1140. The van der Waals surface area contributed by atoms with E-state index in [1.165, 1.54) is 18.2 Å². The van der Waals surface area contributed by atoms with Crippen molar-refractivity contribution in [1.29, 1.82) is 0 Å². The number of carbonyl (C=O) groups excluding carboxylic acids is 1. The summed E-state index contributed by atoms with van der Waals surface area (Å²) in [6.07, 6.45) is 0.326. The number of piperidine rings is 1. The number of benzene rings is 1. The van der Waals surface area contributed by atoms with Crippen LogP contribution in [0.1, 0.15) is 60.6 Å². The maximum Gasteiger partial charge on any atom is 0.266 e. The first-order chi connectivity index (χ1) is 16.6. The molecule has 3 N–H and O–H groups in total. The first kappa shape index (κ1) is 25.2. The second-order valence-corrected chi connectivity index (χ2v) is 9.88. The first-order valence-electron chi connectivity index (χ1n) is 11.9. The van der Waals surface area contributed by atoms with Gasteiger partial charge in [-0.3, -0.25) is 9.59 Å². The summed E-state index contributed by atoms with van der Waals surface area (Å²) < 4.78 is 42.5. The molecule has 1 amide bonds.